The third kappa shape index (κ3) is 1.88. The van der Waals surface area contributed by atoms with Crippen LogP contribution in [0.3, 0.4) is 0 Å². The maximum absolute atomic E-state index is 11.8. The van der Waals surface area contributed by atoms with E-state index in [1.807, 2.05) is 0 Å². The molecule has 0 fully saturated rings. The van der Waals surface area contributed by atoms with Crippen molar-refractivity contribution in [1.82, 2.24) is 15.2 Å². The number of hydrogen-bond acceptors (Lipinski definition) is 4. The fourth-order valence-corrected chi connectivity index (χ4v) is 0.522. The average Bonchev–Trinajstić information content (AvgIpc) is 2.03. The smallest absolute Gasteiger partial charge is 0.325 e. The van der Waals surface area contributed by atoms with Crippen molar-refractivity contribution in [2.45, 2.75) is 12.7 Å². The number of aromatic nitrogens is 3. The molecule has 0 unspecified atom stereocenters. The van der Waals surface area contributed by atoms with E-state index < -0.39 is 12.0 Å². The molecule has 0 amide bonds. The summed E-state index contributed by atoms with van der Waals surface area (Å²) in [4.78, 5) is 3.04. The molecule has 0 spiro atoms. The van der Waals surface area contributed by atoms with Crippen LogP contribution in [0, 0.1) is 0 Å². The lowest BCUT2D eigenvalue weighted by molar-refractivity contribution is -0.145. The predicted octanol–water partition coefficient (Wildman–Crippen LogP) is 0.349. The van der Waals surface area contributed by atoms with Gasteiger partial charge in [-0.2, -0.15) is 18.3 Å². The van der Waals surface area contributed by atoms with Crippen LogP contribution < -0.4 is 5.73 Å². The second kappa shape index (κ2) is 3.02. The summed E-state index contributed by atoms with van der Waals surface area (Å²) in [6.45, 7) is 0.0259. The monoisotopic (exact) mass is 178 g/mol. The Morgan fingerprint density at radius 2 is 2.00 bits per heavy atom. The number of halogens is 3. The van der Waals surface area contributed by atoms with Gasteiger partial charge in [-0.15, -0.1) is 5.10 Å². The van der Waals surface area contributed by atoms with Crippen LogP contribution in [-0.2, 0) is 12.7 Å². The summed E-state index contributed by atoms with van der Waals surface area (Å²) in [5.74, 6) is -1.25. The lowest BCUT2D eigenvalue weighted by atomic mass is 10.5. The van der Waals surface area contributed by atoms with Gasteiger partial charge >= 0.3 is 6.18 Å². The molecule has 1 rings (SSSR count). The summed E-state index contributed by atoms with van der Waals surface area (Å²) >= 11 is 0. The molecule has 0 saturated carbocycles. The zero-order chi connectivity index (χ0) is 9.19. The van der Waals surface area contributed by atoms with Crippen molar-refractivity contribution in [2.75, 3.05) is 0 Å². The molecule has 1 aromatic heterocycles. The number of nitrogens with two attached hydrogens (primary N) is 1. The molecular weight excluding hydrogens is 173 g/mol. The first kappa shape index (κ1) is 8.85. The average molecular weight is 178 g/mol. The Labute approximate surface area is 65.6 Å². The highest BCUT2D eigenvalue weighted by atomic mass is 19.4. The van der Waals surface area contributed by atoms with Gasteiger partial charge in [-0.05, 0) is 0 Å². The topological polar surface area (TPSA) is 64.7 Å². The molecule has 0 aromatic carbocycles. The van der Waals surface area contributed by atoms with Gasteiger partial charge in [-0.1, -0.05) is 0 Å². The van der Waals surface area contributed by atoms with E-state index in [4.69, 9.17) is 5.73 Å². The van der Waals surface area contributed by atoms with Crippen molar-refractivity contribution in [2.24, 2.45) is 5.73 Å². The number of hydrogen-bond donors (Lipinski definition) is 1. The van der Waals surface area contributed by atoms with Crippen LogP contribution in [0.2, 0.25) is 0 Å². The number of nitrogens with zero attached hydrogens (tertiary/aromatic N) is 3. The Morgan fingerprint density at radius 3 is 2.33 bits per heavy atom. The van der Waals surface area contributed by atoms with Crippen LogP contribution >= 0.6 is 0 Å². The Kier molecular flexibility index (Phi) is 2.22. The van der Waals surface area contributed by atoms with Gasteiger partial charge in [0.25, 0.3) is 5.82 Å². The summed E-state index contributed by atoms with van der Waals surface area (Å²) in [6, 6.07) is 0. The summed E-state index contributed by atoms with van der Waals surface area (Å²) in [7, 11) is 0. The number of alkyl halides is 3. The standard InChI is InChI=1S/C5H5F3N4/c6-5(7,8)4-10-2-3(1-9)11-12-4/h2H,1,9H2. The number of rotatable bonds is 1. The minimum atomic E-state index is -4.54. The summed E-state index contributed by atoms with van der Waals surface area (Å²) in [5, 5.41) is 6.06. The maximum atomic E-state index is 11.8. The zero-order valence-corrected chi connectivity index (χ0v) is 5.84. The maximum Gasteiger partial charge on any atom is 0.453 e. The van der Waals surface area contributed by atoms with Crippen LogP contribution in [0.5, 0.6) is 0 Å². The Bertz CT molecular complexity index is 254. The lowest BCUT2D eigenvalue weighted by Crippen LogP contribution is -2.13. The molecule has 12 heavy (non-hydrogen) atoms. The highest BCUT2D eigenvalue weighted by Crippen LogP contribution is 2.24. The fraction of sp³-hybridized carbons (Fsp3) is 0.400. The van der Waals surface area contributed by atoms with Gasteiger partial charge in [0, 0.05) is 6.54 Å². The van der Waals surface area contributed by atoms with Gasteiger partial charge in [-0.3, -0.25) is 0 Å². The molecule has 66 valence electrons. The predicted molar refractivity (Wildman–Crippen MR) is 32.7 cm³/mol. The highest BCUT2D eigenvalue weighted by Gasteiger charge is 2.34. The minimum Gasteiger partial charge on any atom is -0.325 e. The molecule has 1 heterocycles. The second-order valence-electron chi connectivity index (χ2n) is 1.98. The minimum absolute atomic E-state index is 0.0259. The molecule has 0 bridgehead atoms. The molecule has 7 heteroatoms. The highest BCUT2D eigenvalue weighted by molar-refractivity contribution is 4.95. The van der Waals surface area contributed by atoms with Crippen LogP contribution in [0.15, 0.2) is 6.20 Å². The molecular formula is C5H5F3N4. The van der Waals surface area contributed by atoms with E-state index in [-0.39, 0.29) is 12.2 Å². The van der Waals surface area contributed by atoms with Crippen LogP contribution in [0.4, 0.5) is 13.2 Å². The molecule has 0 atom stereocenters. The third-order valence-electron chi connectivity index (χ3n) is 1.07. The SMILES string of the molecule is NCc1cnc(C(F)(F)F)nn1. The van der Waals surface area contributed by atoms with Crippen LogP contribution in [0.1, 0.15) is 11.5 Å². The van der Waals surface area contributed by atoms with Crippen molar-refractivity contribution in [1.29, 1.82) is 0 Å². The molecule has 0 aliphatic rings. The molecule has 1 aromatic rings. The molecule has 0 radical (unpaired) electrons. The van der Waals surface area contributed by atoms with E-state index in [1.165, 1.54) is 0 Å². The second-order valence-corrected chi connectivity index (χ2v) is 1.98. The normalized spacial score (nSPS) is 11.7. The van der Waals surface area contributed by atoms with Gasteiger partial charge in [0.1, 0.15) is 0 Å². The largest absolute Gasteiger partial charge is 0.453 e. The van der Waals surface area contributed by atoms with Crippen molar-refractivity contribution in [3.63, 3.8) is 0 Å². The van der Waals surface area contributed by atoms with Crippen molar-refractivity contribution in [3.8, 4) is 0 Å². The fourth-order valence-electron chi connectivity index (χ4n) is 0.522. The summed E-state index contributed by atoms with van der Waals surface area (Å²) in [5.41, 5.74) is 5.31. The molecule has 4 nitrogen and oxygen atoms in total. The van der Waals surface area contributed by atoms with Crippen molar-refractivity contribution < 1.29 is 13.2 Å². The Morgan fingerprint density at radius 1 is 1.33 bits per heavy atom. The van der Waals surface area contributed by atoms with Gasteiger partial charge in [0.2, 0.25) is 0 Å². The third-order valence-corrected chi connectivity index (χ3v) is 1.07. The van der Waals surface area contributed by atoms with Gasteiger partial charge in [0.15, 0.2) is 0 Å². The Balaban J connectivity index is 2.93. The Hall–Kier alpha value is -1.24. The molecule has 0 aliphatic carbocycles. The summed E-state index contributed by atoms with van der Waals surface area (Å²) < 4.78 is 35.5. The van der Waals surface area contributed by atoms with Crippen molar-refractivity contribution >= 4 is 0 Å². The van der Waals surface area contributed by atoms with Crippen LogP contribution in [-0.4, -0.2) is 15.2 Å². The van der Waals surface area contributed by atoms with Crippen molar-refractivity contribution in [3.05, 3.63) is 17.7 Å². The first-order valence-electron chi connectivity index (χ1n) is 3.00. The van der Waals surface area contributed by atoms with Gasteiger partial charge < -0.3 is 5.73 Å². The molecule has 2 N–H and O–H groups in total. The van der Waals surface area contributed by atoms with Gasteiger partial charge in [-0.25, -0.2) is 4.98 Å². The van der Waals surface area contributed by atoms with Gasteiger partial charge in [0.05, 0.1) is 11.9 Å². The zero-order valence-electron chi connectivity index (χ0n) is 5.84. The quantitative estimate of drug-likeness (QED) is 0.673. The lowest BCUT2D eigenvalue weighted by Gasteiger charge is -2.02. The molecule has 0 saturated heterocycles. The van der Waals surface area contributed by atoms with E-state index in [0.717, 1.165) is 6.20 Å². The first-order chi connectivity index (χ1) is 5.54. The van der Waals surface area contributed by atoms with E-state index in [9.17, 15) is 13.2 Å². The van der Waals surface area contributed by atoms with E-state index >= 15 is 0 Å². The van der Waals surface area contributed by atoms with E-state index in [1.54, 1.807) is 0 Å². The molecule has 0 aliphatic heterocycles. The van der Waals surface area contributed by atoms with Crippen LogP contribution in [0.25, 0.3) is 0 Å². The summed E-state index contributed by atoms with van der Waals surface area (Å²) in [6.07, 6.45) is -3.59. The first-order valence-corrected chi connectivity index (χ1v) is 3.00. The van der Waals surface area contributed by atoms with E-state index in [2.05, 4.69) is 15.2 Å². The van der Waals surface area contributed by atoms with E-state index in [0.29, 0.717) is 0 Å².